The number of Topliss-reactive ketones (excluding diaryl/α,β-unsaturated/α-hetero) is 1. The number of hydrogen-bond donors (Lipinski definition) is 1. The molecule has 0 saturated carbocycles. The van der Waals surface area contributed by atoms with Crippen LogP contribution in [0.1, 0.15) is 13.8 Å². The summed E-state index contributed by atoms with van der Waals surface area (Å²) in [5.74, 6) is -0.377. The van der Waals surface area contributed by atoms with Crippen LogP contribution in [0, 0.1) is 0 Å². The third kappa shape index (κ3) is 3.02. The topological polar surface area (TPSA) is 46.2 Å². The van der Waals surface area contributed by atoms with E-state index in [1.165, 1.54) is 6.92 Å². The largest absolute Gasteiger partial charge is 0.343 e. The highest BCUT2D eigenvalue weighted by Gasteiger charge is 2.07. The number of carbonyl (C=O) groups is 2. The summed E-state index contributed by atoms with van der Waals surface area (Å²) in [6.07, 6.45) is 1.14. The molecule has 10 heavy (non-hydrogen) atoms. The van der Waals surface area contributed by atoms with Gasteiger partial charge in [-0.05, 0) is 19.9 Å². The van der Waals surface area contributed by atoms with Gasteiger partial charge in [0.25, 0.3) is 0 Å². The van der Waals surface area contributed by atoms with Crippen LogP contribution in [0.2, 0.25) is 0 Å². The number of rotatable bonds is 3. The fraction of sp³-hybridized carbons (Fsp3) is 0.429. The molecule has 0 aliphatic carbocycles. The molecule has 0 aliphatic heterocycles. The van der Waals surface area contributed by atoms with Gasteiger partial charge in [-0.25, -0.2) is 0 Å². The van der Waals surface area contributed by atoms with Crippen molar-refractivity contribution in [2.75, 3.05) is 0 Å². The number of hydrogen-bond acceptors (Lipinski definition) is 2. The van der Waals surface area contributed by atoms with Gasteiger partial charge in [0.15, 0.2) is 5.78 Å². The Kier molecular flexibility index (Phi) is 3.39. The number of nitrogens with one attached hydrogen (secondary N) is 1. The van der Waals surface area contributed by atoms with Gasteiger partial charge in [-0.3, -0.25) is 9.59 Å². The Morgan fingerprint density at radius 3 is 2.40 bits per heavy atom. The summed E-state index contributed by atoms with van der Waals surface area (Å²) in [6.45, 7) is 6.30. The molecule has 1 unspecified atom stereocenters. The van der Waals surface area contributed by atoms with Crippen molar-refractivity contribution in [3.05, 3.63) is 12.7 Å². The predicted octanol–water partition coefficient (Wildman–Crippen LogP) is 0.266. The maximum absolute atomic E-state index is 10.5. The molecule has 0 fully saturated rings. The summed E-state index contributed by atoms with van der Waals surface area (Å²) in [5, 5.41) is 2.42. The minimum Gasteiger partial charge on any atom is -0.343 e. The zero-order valence-corrected chi connectivity index (χ0v) is 6.18. The normalized spacial score (nSPS) is 11.8. The molecule has 56 valence electrons. The molecule has 0 heterocycles. The third-order valence-corrected chi connectivity index (χ3v) is 1.15. The van der Waals surface area contributed by atoms with Gasteiger partial charge in [-0.1, -0.05) is 6.58 Å². The van der Waals surface area contributed by atoms with Crippen molar-refractivity contribution in [1.82, 2.24) is 5.32 Å². The van der Waals surface area contributed by atoms with Crippen LogP contribution in [0.25, 0.3) is 0 Å². The zero-order valence-electron chi connectivity index (χ0n) is 6.18. The second-order valence-corrected chi connectivity index (χ2v) is 2.05. The first-order valence-electron chi connectivity index (χ1n) is 3.01. The summed E-state index contributed by atoms with van der Waals surface area (Å²) in [4.78, 5) is 21.1. The third-order valence-electron chi connectivity index (χ3n) is 1.15. The Labute approximate surface area is 60.1 Å². The lowest BCUT2D eigenvalue weighted by Gasteiger charge is -2.06. The van der Waals surface area contributed by atoms with Gasteiger partial charge < -0.3 is 5.32 Å². The van der Waals surface area contributed by atoms with Gasteiger partial charge in [0.05, 0.1) is 6.04 Å². The Morgan fingerprint density at radius 1 is 1.60 bits per heavy atom. The van der Waals surface area contributed by atoms with E-state index in [-0.39, 0.29) is 11.7 Å². The molecular weight excluding hydrogens is 130 g/mol. The Hall–Kier alpha value is -1.12. The van der Waals surface area contributed by atoms with E-state index < -0.39 is 6.04 Å². The van der Waals surface area contributed by atoms with E-state index in [1.54, 1.807) is 6.92 Å². The van der Waals surface area contributed by atoms with Gasteiger partial charge in [-0.2, -0.15) is 0 Å². The van der Waals surface area contributed by atoms with E-state index in [2.05, 4.69) is 11.9 Å². The fourth-order valence-corrected chi connectivity index (χ4v) is 0.374. The van der Waals surface area contributed by atoms with E-state index in [0.29, 0.717) is 0 Å². The average molecular weight is 141 g/mol. The van der Waals surface area contributed by atoms with Crippen LogP contribution >= 0.6 is 0 Å². The molecule has 0 aliphatic rings. The second kappa shape index (κ2) is 3.82. The Morgan fingerprint density at radius 2 is 2.10 bits per heavy atom. The summed E-state index contributed by atoms with van der Waals surface area (Å²) in [7, 11) is 0. The summed E-state index contributed by atoms with van der Waals surface area (Å²) in [6, 6.07) is -0.412. The quantitative estimate of drug-likeness (QED) is 0.573. The molecular formula is C7H11NO2. The van der Waals surface area contributed by atoms with Gasteiger partial charge in [0.1, 0.15) is 0 Å². The summed E-state index contributed by atoms with van der Waals surface area (Å²) in [5.41, 5.74) is 0. The van der Waals surface area contributed by atoms with Crippen LogP contribution in [0.5, 0.6) is 0 Å². The molecule has 1 N–H and O–H groups in total. The van der Waals surface area contributed by atoms with Crippen LogP contribution in [0.15, 0.2) is 12.7 Å². The molecule has 0 bridgehead atoms. The van der Waals surface area contributed by atoms with Crippen LogP contribution in [0.4, 0.5) is 0 Å². The van der Waals surface area contributed by atoms with Crippen molar-refractivity contribution in [2.45, 2.75) is 19.9 Å². The number of amides is 1. The van der Waals surface area contributed by atoms with Gasteiger partial charge in [0.2, 0.25) is 5.91 Å². The first-order valence-corrected chi connectivity index (χ1v) is 3.01. The fourth-order valence-electron chi connectivity index (χ4n) is 0.374. The van der Waals surface area contributed by atoms with Crippen molar-refractivity contribution in [3.63, 3.8) is 0 Å². The highest BCUT2D eigenvalue weighted by atomic mass is 16.2. The molecule has 1 atom stereocenters. The highest BCUT2D eigenvalue weighted by Crippen LogP contribution is 1.82. The molecule has 0 radical (unpaired) electrons. The molecule has 3 heteroatoms. The lowest BCUT2D eigenvalue weighted by molar-refractivity contribution is -0.123. The molecule has 0 rings (SSSR count). The van der Waals surface area contributed by atoms with Crippen molar-refractivity contribution in [3.8, 4) is 0 Å². The van der Waals surface area contributed by atoms with E-state index in [9.17, 15) is 9.59 Å². The van der Waals surface area contributed by atoms with E-state index in [0.717, 1.165) is 6.08 Å². The smallest absolute Gasteiger partial charge is 0.243 e. The van der Waals surface area contributed by atoms with Crippen LogP contribution in [-0.4, -0.2) is 17.7 Å². The highest BCUT2D eigenvalue weighted by molar-refractivity contribution is 5.92. The maximum atomic E-state index is 10.5. The first kappa shape index (κ1) is 8.88. The number of carbonyl (C=O) groups excluding carboxylic acids is 2. The van der Waals surface area contributed by atoms with E-state index in [4.69, 9.17) is 0 Å². The molecule has 3 nitrogen and oxygen atoms in total. The van der Waals surface area contributed by atoms with Gasteiger partial charge in [0, 0.05) is 0 Å². The lowest BCUT2D eigenvalue weighted by atomic mass is 10.2. The minimum atomic E-state index is -0.412. The molecule has 1 amide bonds. The Balaban J connectivity index is 3.79. The molecule has 0 saturated heterocycles. The summed E-state index contributed by atoms with van der Waals surface area (Å²) >= 11 is 0. The van der Waals surface area contributed by atoms with Crippen molar-refractivity contribution in [1.29, 1.82) is 0 Å². The number of ketones is 1. The van der Waals surface area contributed by atoms with Gasteiger partial charge in [-0.15, -0.1) is 0 Å². The van der Waals surface area contributed by atoms with Crippen LogP contribution < -0.4 is 5.32 Å². The maximum Gasteiger partial charge on any atom is 0.243 e. The molecule has 0 spiro atoms. The average Bonchev–Trinajstić information content (AvgIpc) is 1.87. The zero-order chi connectivity index (χ0) is 8.15. The van der Waals surface area contributed by atoms with Crippen molar-refractivity contribution >= 4 is 11.7 Å². The Bertz CT molecular complexity index is 163. The molecule has 0 aromatic rings. The minimum absolute atomic E-state index is 0.0600. The first-order chi connectivity index (χ1) is 4.57. The standard InChI is InChI=1S/C7H11NO2/c1-4-7(10)8-5(2)6(3)9/h4-5H,1H2,2-3H3,(H,8,10). The molecule has 0 aromatic heterocycles. The lowest BCUT2D eigenvalue weighted by Crippen LogP contribution is -2.36. The predicted molar refractivity (Wildman–Crippen MR) is 38.5 cm³/mol. The SMILES string of the molecule is C=CC(=O)NC(C)C(C)=O. The summed E-state index contributed by atoms with van der Waals surface area (Å²) < 4.78 is 0. The monoisotopic (exact) mass is 141 g/mol. The van der Waals surface area contributed by atoms with Gasteiger partial charge >= 0.3 is 0 Å². The van der Waals surface area contributed by atoms with Crippen LogP contribution in [-0.2, 0) is 9.59 Å². The molecule has 0 aromatic carbocycles. The van der Waals surface area contributed by atoms with Crippen molar-refractivity contribution < 1.29 is 9.59 Å². The van der Waals surface area contributed by atoms with Crippen LogP contribution in [0.3, 0.4) is 0 Å². The van der Waals surface area contributed by atoms with E-state index in [1.807, 2.05) is 0 Å². The van der Waals surface area contributed by atoms with E-state index >= 15 is 0 Å². The second-order valence-electron chi connectivity index (χ2n) is 2.05. The van der Waals surface area contributed by atoms with Crippen molar-refractivity contribution in [2.24, 2.45) is 0 Å².